The quantitative estimate of drug-likeness (QED) is 0.292. The molecule has 2 heterocycles. The molecule has 3 rings (SSSR count). The highest BCUT2D eigenvalue weighted by atomic mass is 32.2. The summed E-state index contributed by atoms with van der Waals surface area (Å²) in [6.45, 7) is 7.74. The van der Waals surface area contributed by atoms with E-state index < -0.39 is 22.0 Å². The van der Waals surface area contributed by atoms with E-state index in [2.05, 4.69) is 20.6 Å². The molecule has 12 heteroatoms. The summed E-state index contributed by atoms with van der Waals surface area (Å²) in [5.41, 5.74) is 1.27. The van der Waals surface area contributed by atoms with Crippen LogP contribution in [-0.2, 0) is 14.8 Å². The van der Waals surface area contributed by atoms with Crippen LogP contribution in [-0.4, -0.2) is 43.0 Å². The lowest BCUT2D eigenvalue weighted by molar-refractivity contribution is 0.0383. The van der Waals surface area contributed by atoms with E-state index in [4.69, 9.17) is 4.74 Å². The van der Waals surface area contributed by atoms with Gasteiger partial charge in [0.2, 0.25) is 0 Å². The summed E-state index contributed by atoms with van der Waals surface area (Å²) < 4.78 is 32.2. The van der Waals surface area contributed by atoms with Gasteiger partial charge in [-0.15, -0.1) is 11.3 Å². The topological polar surface area (TPSA) is 139 Å². The third-order valence-electron chi connectivity index (χ3n) is 4.73. The van der Waals surface area contributed by atoms with Gasteiger partial charge in [0.25, 0.3) is 10.0 Å². The first-order chi connectivity index (χ1) is 16.1. The van der Waals surface area contributed by atoms with Crippen LogP contribution >= 0.6 is 11.3 Å². The number of ether oxygens (including phenoxy) is 1. The molecule has 2 amide bonds. The molecule has 0 aliphatic heterocycles. The molecule has 0 bridgehead atoms. The van der Waals surface area contributed by atoms with Gasteiger partial charge in [0.15, 0.2) is 0 Å². The maximum atomic E-state index is 12.5. The summed E-state index contributed by atoms with van der Waals surface area (Å²) in [6, 6.07) is 5.13. The minimum absolute atomic E-state index is 0.0537. The number of hydrogen-bond acceptors (Lipinski definition) is 9. The average molecular weight is 506 g/mol. The molecule has 1 aromatic carbocycles. The summed E-state index contributed by atoms with van der Waals surface area (Å²) >= 11 is 1.23. The number of amides is 2. The lowest BCUT2D eigenvalue weighted by Gasteiger charge is -2.10. The van der Waals surface area contributed by atoms with Crippen molar-refractivity contribution < 1.29 is 22.7 Å². The Kier molecular flexibility index (Phi) is 8.05. The summed E-state index contributed by atoms with van der Waals surface area (Å²) in [7, 11) is -4.01. The Bertz CT molecular complexity index is 1290. The fourth-order valence-corrected chi connectivity index (χ4v) is 5.04. The normalized spacial score (nSPS) is 11.4. The number of aromatic nitrogens is 2. The van der Waals surface area contributed by atoms with E-state index in [0.717, 1.165) is 12.8 Å². The van der Waals surface area contributed by atoms with Crippen molar-refractivity contribution in [3.8, 4) is 0 Å². The van der Waals surface area contributed by atoms with Crippen molar-refractivity contribution in [2.75, 3.05) is 11.9 Å². The number of aryl methyl sites for hydroxylation is 1. The largest absolute Gasteiger partial charge is 0.459 e. The number of carbonyl (C=O) groups is 2. The zero-order chi connectivity index (χ0) is 24.9. The molecule has 0 atom stereocenters. The van der Waals surface area contributed by atoms with E-state index in [1.54, 1.807) is 32.9 Å². The van der Waals surface area contributed by atoms with Crippen molar-refractivity contribution in [1.82, 2.24) is 20.0 Å². The number of fused-ring (bicyclic) bond motifs is 1. The Morgan fingerprint density at radius 2 is 1.85 bits per heavy atom. The van der Waals surface area contributed by atoms with E-state index >= 15 is 0 Å². The Morgan fingerprint density at radius 3 is 2.50 bits per heavy atom. The van der Waals surface area contributed by atoms with Crippen molar-refractivity contribution in [1.29, 1.82) is 0 Å². The van der Waals surface area contributed by atoms with Gasteiger partial charge in [-0.05, 0) is 57.0 Å². The van der Waals surface area contributed by atoms with Crippen LogP contribution in [0.5, 0.6) is 0 Å². The molecule has 3 aromatic rings. The second kappa shape index (κ2) is 10.8. The zero-order valence-corrected chi connectivity index (χ0v) is 21.0. The van der Waals surface area contributed by atoms with Crippen LogP contribution in [0.15, 0.2) is 35.5 Å². The molecule has 2 aromatic heterocycles. The number of sulfonamides is 1. The zero-order valence-electron chi connectivity index (χ0n) is 19.3. The van der Waals surface area contributed by atoms with Crippen LogP contribution in [0.2, 0.25) is 0 Å². The molecule has 0 aliphatic rings. The smallest absolute Gasteiger partial charge is 0.348 e. The van der Waals surface area contributed by atoms with Gasteiger partial charge in [0.05, 0.1) is 16.4 Å². The molecule has 0 aliphatic carbocycles. The highest BCUT2D eigenvalue weighted by Gasteiger charge is 2.22. The van der Waals surface area contributed by atoms with Gasteiger partial charge in [0.1, 0.15) is 21.9 Å². The van der Waals surface area contributed by atoms with Crippen LogP contribution in [0.25, 0.3) is 10.2 Å². The minimum Gasteiger partial charge on any atom is -0.459 e. The molecular weight excluding hydrogens is 478 g/mol. The molecule has 10 nitrogen and oxygen atoms in total. The molecule has 0 spiro atoms. The number of esters is 1. The molecule has 3 N–H and O–H groups in total. The first kappa shape index (κ1) is 25.4. The van der Waals surface area contributed by atoms with Gasteiger partial charge in [0, 0.05) is 12.2 Å². The summed E-state index contributed by atoms with van der Waals surface area (Å²) in [5, 5.41) is 6.34. The maximum Gasteiger partial charge on any atom is 0.348 e. The number of nitrogens with zero attached hydrogens (tertiary/aromatic N) is 2. The van der Waals surface area contributed by atoms with Crippen LogP contribution in [0.1, 0.15) is 48.8 Å². The molecule has 0 saturated heterocycles. The Balaban J connectivity index is 1.79. The van der Waals surface area contributed by atoms with Crippen molar-refractivity contribution in [2.24, 2.45) is 0 Å². The standard InChI is InChI=1S/C22H27N5O5S2/c1-5-6-11-23-22(29)27-34(30,31)16-9-7-15(8-10-16)26-19-17-14(4)18(21(28)32-13(2)3)33-20(17)25-12-24-19/h7-10,12-13H,5-6,11H2,1-4H3,(H2,23,27,29)(H,24,25,26). The second-order valence-electron chi connectivity index (χ2n) is 7.78. The highest BCUT2D eigenvalue weighted by molar-refractivity contribution is 7.90. The summed E-state index contributed by atoms with van der Waals surface area (Å²) in [5.74, 6) is 0.0635. The number of rotatable bonds is 9. The van der Waals surface area contributed by atoms with E-state index in [-0.39, 0.29) is 11.0 Å². The lowest BCUT2D eigenvalue weighted by Crippen LogP contribution is -2.39. The fourth-order valence-electron chi connectivity index (χ4n) is 3.08. The van der Waals surface area contributed by atoms with E-state index in [1.165, 1.54) is 29.8 Å². The van der Waals surface area contributed by atoms with Gasteiger partial charge in [-0.25, -0.2) is 32.7 Å². The van der Waals surface area contributed by atoms with Crippen LogP contribution in [0.4, 0.5) is 16.3 Å². The minimum atomic E-state index is -4.01. The van der Waals surface area contributed by atoms with Crippen molar-refractivity contribution >= 4 is 55.1 Å². The first-order valence-electron chi connectivity index (χ1n) is 10.7. The van der Waals surface area contributed by atoms with Crippen molar-refractivity contribution in [3.63, 3.8) is 0 Å². The Labute approximate surface area is 202 Å². The number of urea groups is 1. The fraction of sp³-hybridized carbons (Fsp3) is 0.364. The Morgan fingerprint density at radius 1 is 1.15 bits per heavy atom. The van der Waals surface area contributed by atoms with E-state index in [1.807, 2.05) is 11.6 Å². The van der Waals surface area contributed by atoms with E-state index in [9.17, 15) is 18.0 Å². The van der Waals surface area contributed by atoms with Gasteiger partial charge in [-0.1, -0.05) is 13.3 Å². The van der Waals surface area contributed by atoms with Crippen molar-refractivity contribution in [3.05, 3.63) is 41.0 Å². The number of hydrogen-bond donors (Lipinski definition) is 3. The monoisotopic (exact) mass is 505 g/mol. The van der Waals surface area contributed by atoms with Gasteiger partial charge in [-0.3, -0.25) is 0 Å². The molecule has 0 saturated carbocycles. The number of thiophene rings is 1. The van der Waals surface area contributed by atoms with Crippen LogP contribution in [0.3, 0.4) is 0 Å². The molecule has 0 radical (unpaired) electrons. The SMILES string of the molecule is CCCCNC(=O)NS(=O)(=O)c1ccc(Nc2ncnc3sc(C(=O)OC(C)C)c(C)c23)cc1. The second-order valence-corrected chi connectivity index (χ2v) is 10.5. The number of anilines is 2. The number of benzene rings is 1. The Hall–Kier alpha value is -3.25. The van der Waals surface area contributed by atoms with E-state index in [0.29, 0.717) is 38.7 Å². The maximum absolute atomic E-state index is 12.5. The highest BCUT2D eigenvalue weighted by Crippen LogP contribution is 2.35. The predicted octanol–water partition coefficient (Wildman–Crippen LogP) is 4.10. The molecule has 0 unspecified atom stereocenters. The summed E-state index contributed by atoms with van der Waals surface area (Å²) in [4.78, 5) is 33.8. The number of nitrogens with one attached hydrogen (secondary N) is 3. The van der Waals surface area contributed by atoms with Gasteiger partial charge in [-0.2, -0.15) is 0 Å². The van der Waals surface area contributed by atoms with Gasteiger partial charge < -0.3 is 15.4 Å². The molecule has 34 heavy (non-hydrogen) atoms. The van der Waals surface area contributed by atoms with Crippen LogP contribution in [0, 0.1) is 6.92 Å². The van der Waals surface area contributed by atoms with Gasteiger partial charge >= 0.3 is 12.0 Å². The summed E-state index contributed by atoms with van der Waals surface area (Å²) in [6.07, 6.45) is 2.79. The third-order valence-corrected chi connectivity index (χ3v) is 7.25. The number of carbonyl (C=O) groups excluding carboxylic acids is 2. The predicted molar refractivity (Wildman–Crippen MR) is 131 cm³/mol. The van der Waals surface area contributed by atoms with Crippen LogP contribution < -0.4 is 15.4 Å². The number of unbranched alkanes of at least 4 members (excludes halogenated alkanes) is 1. The third kappa shape index (κ3) is 6.00. The molecular formula is C22H27N5O5S2. The molecule has 182 valence electrons. The van der Waals surface area contributed by atoms with Crippen molar-refractivity contribution in [2.45, 2.75) is 51.5 Å². The molecule has 0 fully saturated rings. The average Bonchev–Trinajstić information content (AvgIpc) is 3.11. The lowest BCUT2D eigenvalue weighted by atomic mass is 10.2. The first-order valence-corrected chi connectivity index (χ1v) is 13.0.